The maximum absolute atomic E-state index is 12.6. The minimum absolute atomic E-state index is 0.0309. The first kappa shape index (κ1) is 14.1. The summed E-state index contributed by atoms with van der Waals surface area (Å²) in [5, 5.41) is 2.88. The van der Waals surface area contributed by atoms with Gasteiger partial charge in [0.1, 0.15) is 12.1 Å². The number of hydrogen-bond acceptors (Lipinski definition) is 2. The normalized spacial score (nSPS) is 25.9. The average Bonchev–Trinajstić information content (AvgIpc) is 3.32. The van der Waals surface area contributed by atoms with Crippen molar-refractivity contribution in [1.82, 2.24) is 10.2 Å². The van der Waals surface area contributed by atoms with Gasteiger partial charge < -0.3 is 10.2 Å². The quantitative estimate of drug-likeness (QED) is 0.918. The van der Waals surface area contributed by atoms with Crippen molar-refractivity contribution >= 4 is 11.8 Å². The average molecular weight is 286 g/mol. The largest absolute Gasteiger partial charge is 0.342 e. The van der Waals surface area contributed by atoms with E-state index in [1.54, 1.807) is 11.8 Å². The third-order valence-electron chi connectivity index (χ3n) is 4.57. The van der Waals surface area contributed by atoms with Crippen LogP contribution in [-0.2, 0) is 22.6 Å². The van der Waals surface area contributed by atoms with E-state index in [-0.39, 0.29) is 17.9 Å². The third-order valence-corrected chi connectivity index (χ3v) is 4.57. The number of nitrogens with zero attached hydrogens (tertiary/aromatic N) is 1. The Morgan fingerprint density at radius 1 is 1.14 bits per heavy atom. The molecule has 0 aromatic heterocycles. The van der Waals surface area contributed by atoms with Crippen LogP contribution in [0.1, 0.15) is 37.8 Å². The van der Waals surface area contributed by atoms with Crippen molar-refractivity contribution in [3.8, 4) is 0 Å². The van der Waals surface area contributed by atoms with Gasteiger partial charge in [-0.1, -0.05) is 31.2 Å². The molecule has 3 rings (SSSR count). The van der Waals surface area contributed by atoms with Gasteiger partial charge >= 0.3 is 0 Å². The van der Waals surface area contributed by atoms with Gasteiger partial charge in [-0.05, 0) is 43.2 Å². The lowest BCUT2D eigenvalue weighted by molar-refractivity contribution is -0.149. The Labute approximate surface area is 125 Å². The molecule has 1 saturated carbocycles. The molecule has 2 unspecified atom stereocenters. The molecular formula is C17H22N2O2. The van der Waals surface area contributed by atoms with Crippen LogP contribution in [0, 0.1) is 5.92 Å². The van der Waals surface area contributed by atoms with E-state index in [4.69, 9.17) is 0 Å². The van der Waals surface area contributed by atoms with Crippen molar-refractivity contribution in [1.29, 1.82) is 0 Å². The maximum Gasteiger partial charge on any atom is 0.246 e. The standard InChI is InChI=1S/C17H22N2O2/c1-3-12-4-6-13(7-5-12)10-19-11(2)16(20)18-15(17(19)21)14-8-9-14/h4-7,11,14-15H,3,8-10H2,1-2H3,(H,18,20). The SMILES string of the molecule is CCc1ccc(CN2C(=O)C(C3CC3)NC(=O)C2C)cc1. The molecule has 21 heavy (non-hydrogen) atoms. The fraction of sp³-hybridized carbons (Fsp3) is 0.529. The molecule has 4 heteroatoms. The van der Waals surface area contributed by atoms with Crippen molar-refractivity contribution < 1.29 is 9.59 Å². The van der Waals surface area contributed by atoms with E-state index in [0.29, 0.717) is 12.5 Å². The van der Waals surface area contributed by atoms with E-state index in [1.807, 2.05) is 0 Å². The highest BCUT2D eigenvalue weighted by molar-refractivity contribution is 5.97. The first-order valence-corrected chi connectivity index (χ1v) is 7.79. The Balaban J connectivity index is 1.77. The molecule has 1 N–H and O–H groups in total. The van der Waals surface area contributed by atoms with Gasteiger partial charge in [-0.2, -0.15) is 0 Å². The van der Waals surface area contributed by atoms with Crippen LogP contribution in [0.2, 0.25) is 0 Å². The topological polar surface area (TPSA) is 49.4 Å². The highest BCUT2D eigenvalue weighted by Crippen LogP contribution is 2.35. The van der Waals surface area contributed by atoms with Gasteiger partial charge in [0.05, 0.1) is 0 Å². The molecule has 1 saturated heterocycles. The molecule has 1 aliphatic heterocycles. The van der Waals surface area contributed by atoms with Gasteiger partial charge in [0.2, 0.25) is 11.8 Å². The second-order valence-corrected chi connectivity index (χ2v) is 6.14. The Hall–Kier alpha value is -1.84. The molecule has 1 aliphatic carbocycles. The van der Waals surface area contributed by atoms with Crippen molar-refractivity contribution in [2.45, 2.75) is 51.7 Å². The smallest absolute Gasteiger partial charge is 0.246 e. The highest BCUT2D eigenvalue weighted by atomic mass is 16.2. The lowest BCUT2D eigenvalue weighted by atomic mass is 10.0. The molecule has 2 fully saturated rings. The summed E-state index contributed by atoms with van der Waals surface area (Å²) in [5.74, 6) is 0.389. The second-order valence-electron chi connectivity index (χ2n) is 6.14. The summed E-state index contributed by atoms with van der Waals surface area (Å²) in [6, 6.07) is 7.59. The summed E-state index contributed by atoms with van der Waals surface area (Å²) in [7, 11) is 0. The van der Waals surface area contributed by atoms with Gasteiger partial charge in [0.15, 0.2) is 0 Å². The number of benzene rings is 1. The fourth-order valence-corrected chi connectivity index (χ4v) is 2.89. The van der Waals surface area contributed by atoms with Gasteiger partial charge in [-0.3, -0.25) is 9.59 Å². The van der Waals surface area contributed by atoms with Gasteiger partial charge in [0, 0.05) is 6.54 Å². The number of rotatable bonds is 4. The minimum atomic E-state index is -0.390. The van der Waals surface area contributed by atoms with E-state index in [1.165, 1.54) is 5.56 Å². The van der Waals surface area contributed by atoms with Crippen molar-refractivity contribution in [2.24, 2.45) is 5.92 Å². The summed E-state index contributed by atoms with van der Waals surface area (Å²) in [6.45, 7) is 4.44. The van der Waals surface area contributed by atoms with Crippen molar-refractivity contribution in [3.63, 3.8) is 0 Å². The second kappa shape index (κ2) is 5.51. The number of nitrogens with one attached hydrogen (secondary N) is 1. The summed E-state index contributed by atoms with van der Waals surface area (Å²) in [5.41, 5.74) is 2.36. The van der Waals surface area contributed by atoms with Gasteiger partial charge in [-0.15, -0.1) is 0 Å². The summed E-state index contributed by atoms with van der Waals surface area (Å²) < 4.78 is 0. The van der Waals surface area contributed by atoms with Crippen LogP contribution in [0.3, 0.4) is 0 Å². The molecule has 1 heterocycles. The highest BCUT2D eigenvalue weighted by Gasteiger charge is 2.45. The number of piperazine rings is 1. The lowest BCUT2D eigenvalue weighted by Crippen LogP contribution is -2.62. The molecule has 112 valence electrons. The molecule has 0 spiro atoms. The van der Waals surface area contributed by atoms with Gasteiger partial charge in [-0.25, -0.2) is 0 Å². The van der Waals surface area contributed by atoms with Crippen LogP contribution in [-0.4, -0.2) is 28.8 Å². The van der Waals surface area contributed by atoms with Crippen LogP contribution >= 0.6 is 0 Å². The Morgan fingerprint density at radius 2 is 1.76 bits per heavy atom. The van der Waals surface area contributed by atoms with Gasteiger partial charge in [0.25, 0.3) is 0 Å². The van der Waals surface area contributed by atoms with Crippen LogP contribution < -0.4 is 5.32 Å². The number of carbonyl (C=O) groups excluding carboxylic acids is 2. The monoisotopic (exact) mass is 286 g/mol. The van der Waals surface area contributed by atoms with E-state index in [0.717, 1.165) is 24.8 Å². The van der Waals surface area contributed by atoms with Crippen LogP contribution in [0.25, 0.3) is 0 Å². The first-order valence-electron chi connectivity index (χ1n) is 7.79. The zero-order chi connectivity index (χ0) is 15.0. The lowest BCUT2D eigenvalue weighted by Gasteiger charge is -2.37. The minimum Gasteiger partial charge on any atom is -0.342 e. The molecule has 4 nitrogen and oxygen atoms in total. The predicted octanol–water partition coefficient (Wildman–Crippen LogP) is 1.87. The molecule has 2 amide bonds. The zero-order valence-electron chi connectivity index (χ0n) is 12.6. The number of carbonyl (C=O) groups is 2. The van der Waals surface area contributed by atoms with Crippen molar-refractivity contribution in [2.75, 3.05) is 0 Å². The third kappa shape index (κ3) is 2.80. The summed E-state index contributed by atoms with van der Waals surface area (Å²) >= 11 is 0. The molecule has 2 atom stereocenters. The number of amides is 2. The Morgan fingerprint density at radius 3 is 2.33 bits per heavy atom. The molecular weight excluding hydrogens is 264 g/mol. The molecule has 0 bridgehead atoms. The Kier molecular flexibility index (Phi) is 3.70. The molecule has 1 aromatic carbocycles. The van der Waals surface area contributed by atoms with E-state index in [2.05, 4.69) is 36.5 Å². The van der Waals surface area contributed by atoms with Crippen LogP contribution in [0.15, 0.2) is 24.3 Å². The summed E-state index contributed by atoms with van der Waals surface area (Å²) in [4.78, 5) is 26.4. The summed E-state index contributed by atoms with van der Waals surface area (Å²) in [6.07, 6.45) is 3.10. The van der Waals surface area contributed by atoms with E-state index >= 15 is 0 Å². The van der Waals surface area contributed by atoms with Crippen LogP contribution in [0.5, 0.6) is 0 Å². The number of aryl methyl sites for hydroxylation is 1. The fourth-order valence-electron chi connectivity index (χ4n) is 2.89. The van der Waals surface area contributed by atoms with Crippen molar-refractivity contribution in [3.05, 3.63) is 35.4 Å². The molecule has 2 aliphatic rings. The Bertz CT molecular complexity index is 548. The predicted molar refractivity (Wildman–Crippen MR) is 80.5 cm³/mol. The maximum atomic E-state index is 12.6. The number of hydrogen-bond donors (Lipinski definition) is 1. The van der Waals surface area contributed by atoms with Crippen LogP contribution in [0.4, 0.5) is 0 Å². The first-order chi connectivity index (χ1) is 10.1. The van der Waals surface area contributed by atoms with E-state index < -0.39 is 6.04 Å². The molecule has 1 aromatic rings. The zero-order valence-corrected chi connectivity index (χ0v) is 12.6. The van der Waals surface area contributed by atoms with E-state index in [9.17, 15) is 9.59 Å². The molecule has 0 radical (unpaired) electrons.